The summed E-state index contributed by atoms with van der Waals surface area (Å²) in [5.74, 6) is 0.274. The van der Waals surface area contributed by atoms with Gasteiger partial charge in [-0.2, -0.15) is 0 Å². The molecule has 14 nitrogen and oxygen atoms in total. The number of fused-ring (bicyclic) bond motifs is 2. The molecule has 4 aliphatic rings. The second-order valence-electron chi connectivity index (χ2n) is 10.4. The highest BCUT2D eigenvalue weighted by molar-refractivity contribution is 6.30. The molecule has 5 atom stereocenters. The Labute approximate surface area is 244 Å². The van der Waals surface area contributed by atoms with Crippen LogP contribution in [0.5, 0.6) is 5.75 Å². The summed E-state index contributed by atoms with van der Waals surface area (Å²) in [7, 11) is 0. The molecule has 15 heteroatoms. The molecular weight excluding hydrogens is 578 g/mol. The number of amides is 1. The number of hydrogen-bond donors (Lipinski definition) is 0. The average Bonchev–Trinajstić information content (AvgIpc) is 3.68. The molecule has 0 bridgehead atoms. The van der Waals surface area contributed by atoms with Crippen LogP contribution in [0, 0.1) is 17.0 Å². The van der Waals surface area contributed by atoms with Crippen LogP contribution in [-0.2, 0) is 35.1 Å². The second kappa shape index (κ2) is 11.9. The third-order valence-electron chi connectivity index (χ3n) is 7.78. The number of carbonyl (C=O) groups excluding carboxylic acids is 2. The van der Waals surface area contributed by atoms with Gasteiger partial charge in [0.1, 0.15) is 24.4 Å². The topological polar surface area (TPSA) is 158 Å². The van der Waals surface area contributed by atoms with Gasteiger partial charge in [-0.1, -0.05) is 23.7 Å². The Kier molecular flexibility index (Phi) is 8.03. The molecule has 3 fully saturated rings. The summed E-state index contributed by atoms with van der Waals surface area (Å²) in [6.45, 7) is 2.58. The standard InChI is InChI=1S/C27H28ClN3O11/c1-14-22(19-11-36-23(18(19)10-29-14)15-2-4-16(28)5-3-15)41-27(33)40-21-13-38-24-20(12-37-25(21)24)39-26(32)30-8-6-17(7-9-30)42-31(34)35/h2-5,10,17,20-21,23-25H,6-9,11-13H2,1H3/t20-,21-,23?,24-,25+/m1/s1. The predicted molar refractivity (Wildman–Crippen MR) is 140 cm³/mol. The fourth-order valence-corrected chi connectivity index (χ4v) is 5.79. The Morgan fingerprint density at radius 3 is 2.38 bits per heavy atom. The van der Waals surface area contributed by atoms with E-state index < -0.39 is 47.9 Å². The molecule has 0 radical (unpaired) electrons. The van der Waals surface area contributed by atoms with E-state index in [0.29, 0.717) is 29.1 Å². The first-order chi connectivity index (χ1) is 20.3. The van der Waals surface area contributed by atoms with Crippen molar-refractivity contribution in [2.24, 2.45) is 0 Å². The number of hydrogen-bond acceptors (Lipinski definition) is 12. The zero-order valence-electron chi connectivity index (χ0n) is 22.5. The zero-order chi connectivity index (χ0) is 29.4. The first-order valence-electron chi connectivity index (χ1n) is 13.5. The summed E-state index contributed by atoms with van der Waals surface area (Å²) in [4.78, 5) is 46.5. The lowest BCUT2D eigenvalue weighted by molar-refractivity contribution is -0.769. The van der Waals surface area contributed by atoms with Gasteiger partial charge in [0, 0.05) is 35.4 Å². The monoisotopic (exact) mass is 605 g/mol. The molecule has 6 rings (SSSR count). The van der Waals surface area contributed by atoms with E-state index >= 15 is 0 Å². The van der Waals surface area contributed by atoms with E-state index in [4.69, 9.17) is 40.0 Å². The maximum atomic E-state index is 12.9. The third-order valence-corrected chi connectivity index (χ3v) is 8.03. The van der Waals surface area contributed by atoms with Gasteiger partial charge in [-0.3, -0.25) is 4.98 Å². The minimum absolute atomic E-state index is 0.0357. The molecule has 1 amide bonds. The number of aromatic nitrogens is 1. The van der Waals surface area contributed by atoms with Gasteiger partial charge >= 0.3 is 12.2 Å². The van der Waals surface area contributed by atoms with Crippen LogP contribution >= 0.6 is 11.6 Å². The van der Waals surface area contributed by atoms with Gasteiger partial charge in [-0.05, 0) is 37.5 Å². The van der Waals surface area contributed by atoms with Crippen molar-refractivity contribution in [2.45, 2.75) is 63.0 Å². The molecule has 3 saturated heterocycles. The fourth-order valence-electron chi connectivity index (χ4n) is 5.66. The number of piperidine rings is 1. The molecular formula is C27H28ClN3O11. The minimum Gasteiger partial charge on any atom is -0.441 e. The summed E-state index contributed by atoms with van der Waals surface area (Å²) >= 11 is 6.02. The summed E-state index contributed by atoms with van der Waals surface area (Å²) in [6.07, 6.45) is -2.83. The Hall–Kier alpha value is -3.72. The van der Waals surface area contributed by atoms with Crippen molar-refractivity contribution in [1.29, 1.82) is 0 Å². The lowest BCUT2D eigenvalue weighted by Crippen LogP contribution is -2.44. The van der Waals surface area contributed by atoms with Gasteiger partial charge in [0.15, 0.2) is 18.0 Å². The molecule has 1 aromatic heterocycles. The molecule has 2 aromatic rings. The third kappa shape index (κ3) is 5.79. The van der Waals surface area contributed by atoms with Crippen molar-refractivity contribution in [3.63, 3.8) is 0 Å². The number of aryl methyl sites for hydroxylation is 1. The van der Waals surface area contributed by atoms with Crippen molar-refractivity contribution in [1.82, 2.24) is 9.88 Å². The van der Waals surface area contributed by atoms with E-state index in [1.807, 2.05) is 12.1 Å². The van der Waals surface area contributed by atoms with E-state index in [2.05, 4.69) is 9.82 Å². The van der Waals surface area contributed by atoms with Crippen molar-refractivity contribution >= 4 is 23.8 Å². The van der Waals surface area contributed by atoms with Crippen LogP contribution in [0.3, 0.4) is 0 Å². The number of carbonyl (C=O) groups is 2. The van der Waals surface area contributed by atoms with Gasteiger partial charge in [0.25, 0.3) is 5.09 Å². The van der Waals surface area contributed by atoms with Crippen LogP contribution in [0.25, 0.3) is 0 Å². The molecule has 0 spiro atoms. The number of ether oxygens (including phenoxy) is 6. The average molecular weight is 606 g/mol. The van der Waals surface area contributed by atoms with Crippen LogP contribution in [-0.4, -0.2) is 84.0 Å². The minimum atomic E-state index is -0.943. The molecule has 1 aromatic carbocycles. The number of halogens is 1. The normalized spacial score (nSPS) is 26.8. The fraction of sp³-hybridized carbons (Fsp3) is 0.519. The van der Waals surface area contributed by atoms with E-state index in [9.17, 15) is 19.7 Å². The number of likely N-dealkylation sites (tertiary alicyclic amines) is 1. The summed E-state index contributed by atoms with van der Waals surface area (Å²) in [6, 6.07) is 7.30. The first-order valence-corrected chi connectivity index (χ1v) is 13.9. The van der Waals surface area contributed by atoms with Gasteiger partial charge in [-0.15, -0.1) is 10.1 Å². The van der Waals surface area contributed by atoms with Crippen molar-refractivity contribution in [2.75, 3.05) is 26.3 Å². The Balaban J connectivity index is 1.03. The van der Waals surface area contributed by atoms with Crippen molar-refractivity contribution in [3.05, 3.63) is 68.0 Å². The van der Waals surface area contributed by atoms with Crippen LogP contribution in [0.15, 0.2) is 30.5 Å². The molecule has 0 N–H and O–H groups in total. The highest BCUT2D eigenvalue weighted by Crippen LogP contribution is 2.41. The van der Waals surface area contributed by atoms with E-state index in [0.717, 1.165) is 11.1 Å². The van der Waals surface area contributed by atoms with Crippen molar-refractivity contribution in [3.8, 4) is 5.75 Å². The van der Waals surface area contributed by atoms with Gasteiger partial charge < -0.3 is 38.2 Å². The molecule has 4 aliphatic heterocycles. The highest BCUT2D eigenvalue weighted by Gasteiger charge is 2.52. The van der Waals surface area contributed by atoms with Gasteiger partial charge in [0.2, 0.25) is 0 Å². The van der Waals surface area contributed by atoms with Crippen LogP contribution in [0.2, 0.25) is 5.02 Å². The largest absolute Gasteiger partial charge is 0.514 e. The number of benzene rings is 1. The number of nitrogens with zero attached hydrogens (tertiary/aromatic N) is 3. The van der Waals surface area contributed by atoms with E-state index in [1.54, 1.807) is 25.3 Å². The van der Waals surface area contributed by atoms with Gasteiger partial charge in [0.05, 0.1) is 25.5 Å². The van der Waals surface area contributed by atoms with Crippen LogP contribution in [0.1, 0.15) is 41.3 Å². The summed E-state index contributed by atoms with van der Waals surface area (Å²) in [5, 5.41) is 10.3. The lowest BCUT2D eigenvalue weighted by atomic mass is 10.0. The maximum Gasteiger partial charge on any atom is 0.514 e. The summed E-state index contributed by atoms with van der Waals surface area (Å²) in [5.41, 5.74) is 2.89. The maximum absolute atomic E-state index is 12.9. The highest BCUT2D eigenvalue weighted by atomic mass is 35.5. The quantitative estimate of drug-likeness (QED) is 0.268. The SMILES string of the molecule is Cc1ncc2c(c1OC(=O)O[C@@H]1CO[C@H]3[C@H]1OC[C@H]3OC(=O)N1CCC(O[N+](=O)[O-])CC1)COC2c1ccc(Cl)cc1. The molecule has 0 saturated carbocycles. The predicted octanol–water partition coefficient (Wildman–Crippen LogP) is 3.52. The molecule has 5 heterocycles. The molecule has 1 unspecified atom stereocenters. The smallest absolute Gasteiger partial charge is 0.441 e. The Morgan fingerprint density at radius 2 is 1.71 bits per heavy atom. The number of pyridine rings is 1. The zero-order valence-corrected chi connectivity index (χ0v) is 23.3. The molecule has 0 aliphatic carbocycles. The van der Waals surface area contributed by atoms with E-state index in [-0.39, 0.29) is 44.8 Å². The molecule has 42 heavy (non-hydrogen) atoms. The van der Waals surface area contributed by atoms with Crippen molar-refractivity contribution < 1.29 is 47.9 Å². The van der Waals surface area contributed by atoms with Gasteiger partial charge in [-0.25, -0.2) is 9.59 Å². The first kappa shape index (κ1) is 28.4. The van der Waals surface area contributed by atoms with Crippen LogP contribution in [0.4, 0.5) is 9.59 Å². The molecule has 224 valence electrons. The Bertz CT molecular complexity index is 1350. The van der Waals surface area contributed by atoms with Crippen LogP contribution < -0.4 is 4.74 Å². The summed E-state index contributed by atoms with van der Waals surface area (Å²) < 4.78 is 34.4. The second-order valence-corrected chi connectivity index (χ2v) is 10.8. The lowest BCUT2D eigenvalue weighted by Gasteiger charge is -2.31. The van der Waals surface area contributed by atoms with E-state index in [1.165, 1.54) is 4.90 Å². The Morgan fingerprint density at radius 1 is 1.05 bits per heavy atom. The number of rotatable bonds is 6.